The smallest absolute Gasteiger partial charge is 0.00367 e. The lowest BCUT2D eigenvalue weighted by atomic mass is 10.4. The van der Waals surface area contributed by atoms with E-state index in [4.69, 9.17) is 0 Å². The Bertz CT molecular complexity index is 133. The molecular weight excluding hydrogens is 88.1 g/mol. The molecule has 0 amide bonds. The Labute approximate surface area is 42.2 Å². The Hall–Kier alpha value is -1.05. The molecule has 0 saturated carbocycles. The van der Waals surface area contributed by atoms with Crippen molar-refractivity contribution in [3.8, 4) is 0 Å². The standard InChI is InChI=1S/C5H5N2/c1-5-3-2-4-6-7-5/h2-4H,1H2/q-1. The van der Waals surface area contributed by atoms with Crippen LogP contribution in [0.4, 0.5) is 0 Å². The van der Waals surface area contributed by atoms with Crippen LogP contribution in [0.1, 0.15) is 0 Å². The zero-order valence-corrected chi connectivity index (χ0v) is 3.83. The molecule has 2 heteroatoms. The van der Waals surface area contributed by atoms with Gasteiger partial charge in [0.15, 0.2) is 0 Å². The first-order valence-corrected chi connectivity index (χ1v) is 1.99. The van der Waals surface area contributed by atoms with Gasteiger partial charge in [-0.15, -0.1) is 12.3 Å². The predicted octanol–water partition coefficient (Wildman–Crippen LogP) is 1.43. The van der Waals surface area contributed by atoms with Crippen molar-refractivity contribution >= 4 is 6.21 Å². The normalized spacial score (nSPS) is 16.9. The number of allylic oxidation sites excluding steroid dienone is 2. The summed E-state index contributed by atoms with van der Waals surface area (Å²) >= 11 is 0. The molecule has 2 nitrogen and oxygen atoms in total. The van der Waals surface area contributed by atoms with E-state index in [-0.39, 0.29) is 0 Å². The van der Waals surface area contributed by atoms with Gasteiger partial charge in [0.25, 0.3) is 0 Å². The first kappa shape index (κ1) is 4.12. The average Bonchev–Trinajstić information content (AvgIpc) is 1.69. The van der Waals surface area contributed by atoms with Gasteiger partial charge in [0.1, 0.15) is 0 Å². The van der Waals surface area contributed by atoms with Gasteiger partial charge < -0.3 is 10.5 Å². The molecule has 0 unspecified atom stereocenters. The Morgan fingerprint density at radius 1 is 1.71 bits per heavy atom. The van der Waals surface area contributed by atoms with Crippen LogP contribution < -0.4 is 0 Å². The maximum Gasteiger partial charge on any atom is 0.00367 e. The molecule has 0 N–H and O–H groups in total. The molecule has 0 bridgehead atoms. The van der Waals surface area contributed by atoms with Gasteiger partial charge in [-0.1, -0.05) is 6.08 Å². The van der Waals surface area contributed by atoms with Crippen molar-refractivity contribution in [1.29, 1.82) is 0 Å². The molecule has 0 aliphatic carbocycles. The van der Waals surface area contributed by atoms with Gasteiger partial charge in [0, 0.05) is 6.21 Å². The van der Waals surface area contributed by atoms with Gasteiger partial charge in [-0.3, -0.25) is 0 Å². The highest BCUT2D eigenvalue weighted by Gasteiger charge is 1.70. The number of hydrogen-bond acceptors (Lipinski definition) is 1. The van der Waals surface area contributed by atoms with Crippen LogP contribution >= 0.6 is 0 Å². The Morgan fingerprint density at radius 2 is 2.57 bits per heavy atom. The lowest BCUT2D eigenvalue weighted by molar-refractivity contribution is 1.39. The number of nitrogens with zero attached hydrogens (tertiary/aromatic N) is 2. The lowest BCUT2D eigenvalue weighted by Gasteiger charge is -2.16. The van der Waals surface area contributed by atoms with Crippen LogP contribution in [-0.4, -0.2) is 6.21 Å². The van der Waals surface area contributed by atoms with Crippen LogP contribution in [0.5, 0.6) is 0 Å². The highest BCUT2D eigenvalue weighted by molar-refractivity contribution is 5.75. The van der Waals surface area contributed by atoms with Crippen molar-refractivity contribution in [2.45, 2.75) is 0 Å². The molecule has 7 heavy (non-hydrogen) atoms. The summed E-state index contributed by atoms with van der Waals surface area (Å²) < 4.78 is 0. The second-order valence-electron chi connectivity index (χ2n) is 1.21. The molecule has 0 fully saturated rings. The Balaban J connectivity index is 2.66. The van der Waals surface area contributed by atoms with E-state index >= 15 is 0 Å². The molecule has 36 valence electrons. The van der Waals surface area contributed by atoms with Gasteiger partial charge >= 0.3 is 0 Å². The van der Waals surface area contributed by atoms with E-state index < -0.39 is 0 Å². The van der Waals surface area contributed by atoms with E-state index in [1.54, 1.807) is 18.4 Å². The molecule has 0 atom stereocenters. The van der Waals surface area contributed by atoms with Crippen molar-refractivity contribution in [3.63, 3.8) is 0 Å². The first-order chi connectivity index (χ1) is 3.39. The fourth-order valence-electron chi connectivity index (χ4n) is 0.333. The summed E-state index contributed by atoms with van der Waals surface area (Å²) in [6.45, 7) is 3.55. The summed E-state index contributed by atoms with van der Waals surface area (Å²) in [6, 6.07) is 0. The molecule has 0 spiro atoms. The molecule has 1 aliphatic heterocycles. The van der Waals surface area contributed by atoms with Crippen LogP contribution in [0.2, 0.25) is 0 Å². The second kappa shape index (κ2) is 1.60. The highest BCUT2D eigenvalue weighted by Crippen LogP contribution is 2.06. The van der Waals surface area contributed by atoms with Gasteiger partial charge in [-0.2, -0.15) is 0 Å². The van der Waals surface area contributed by atoms with Crippen molar-refractivity contribution in [2.75, 3.05) is 0 Å². The zero-order chi connectivity index (χ0) is 5.11. The Morgan fingerprint density at radius 3 is 2.86 bits per heavy atom. The first-order valence-electron chi connectivity index (χ1n) is 1.99. The summed E-state index contributed by atoms with van der Waals surface area (Å²) in [5, 5.41) is 3.57. The molecular formula is C5H5N2-. The summed E-state index contributed by atoms with van der Waals surface area (Å²) in [7, 11) is 0. The van der Waals surface area contributed by atoms with E-state index in [1.165, 1.54) is 0 Å². The van der Waals surface area contributed by atoms with Gasteiger partial charge in [-0.05, 0) is 6.08 Å². The Kier molecular flexibility index (Phi) is 0.941. The third-order valence-corrected chi connectivity index (χ3v) is 0.628. The fraction of sp³-hybridized carbons (Fsp3) is 0. The van der Waals surface area contributed by atoms with Crippen molar-refractivity contribution in [1.82, 2.24) is 0 Å². The zero-order valence-electron chi connectivity index (χ0n) is 3.83. The van der Waals surface area contributed by atoms with Crippen molar-refractivity contribution in [2.24, 2.45) is 5.10 Å². The minimum atomic E-state index is 0.711. The molecule has 0 aromatic heterocycles. The van der Waals surface area contributed by atoms with Gasteiger partial charge in [0.2, 0.25) is 0 Å². The van der Waals surface area contributed by atoms with Gasteiger partial charge in [0.05, 0.1) is 0 Å². The van der Waals surface area contributed by atoms with Gasteiger partial charge in [-0.25, -0.2) is 0 Å². The number of rotatable bonds is 0. The topological polar surface area (TPSA) is 26.5 Å². The largest absolute Gasteiger partial charge is 0.576 e. The van der Waals surface area contributed by atoms with E-state index in [1.807, 2.05) is 0 Å². The van der Waals surface area contributed by atoms with Crippen molar-refractivity contribution < 1.29 is 0 Å². The van der Waals surface area contributed by atoms with Crippen LogP contribution in [-0.2, 0) is 0 Å². The molecule has 1 aliphatic rings. The minimum absolute atomic E-state index is 0.711. The minimum Gasteiger partial charge on any atom is -0.576 e. The van der Waals surface area contributed by atoms with Crippen LogP contribution in [0.3, 0.4) is 0 Å². The van der Waals surface area contributed by atoms with E-state index in [2.05, 4.69) is 17.1 Å². The maximum atomic E-state index is 3.62. The molecule has 0 radical (unpaired) electrons. The quantitative estimate of drug-likeness (QED) is 0.433. The summed E-state index contributed by atoms with van der Waals surface area (Å²) in [5.74, 6) is 0. The van der Waals surface area contributed by atoms with Crippen LogP contribution in [0.15, 0.2) is 29.5 Å². The third-order valence-electron chi connectivity index (χ3n) is 0.628. The van der Waals surface area contributed by atoms with Crippen molar-refractivity contribution in [3.05, 3.63) is 29.9 Å². The lowest BCUT2D eigenvalue weighted by Crippen LogP contribution is -1.76. The molecule has 0 saturated heterocycles. The summed E-state index contributed by atoms with van der Waals surface area (Å²) in [5.41, 5.74) is 4.33. The third kappa shape index (κ3) is 0.892. The maximum absolute atomic E-state index is 3.62. The summed E-state index contributed by atoms with van der Waals surface area (Å²) in [4.78, 5) is 0. The van der Waals surface area contributed by atoms with E-state index in [0.29, 0.717) is 5.70 Å². The molecule has 1 rings (SSSR count). The average molecular weight is 93.1 g/mol. The predicted molar refractivity (Wildman–Crippen MR) is 30.1 cm³/mol. The fourth-order valence-corrected chi connectivity index (χ4v) is 0.333. The second-order valence-corrected chi connectivity index (χ2v) is 1.21. The SMILES string of the molecule is C=C1C=CC=N[N-]1. The molecule has 0 aromatic carbocycles. The van der Waals surface area contributed by atoms with E-state index in [0.717, 1.165) is 0 Å². The van der Waals surface area contributed by atoms with E-state index in [9.17, 15) is 0 Å². The van der Waals surface area contributed by atoms with Crippen LogP contribution in [0.25, 0.3) is 5.43 Å². The molecule has 0 aromatic rings. The monoisotopic (exact) mass is 93.0 g/mol. The number of hydrogen-bond donors (Lipinski definition) is 0. The van der Waals surface area contributed by atoms with Crippen LogP contribution in [0, 0.1) is 0 Å². The highest BCUT2D eigenvalue weighted by atomic mass is 15.3. The summed E-state index contributed by atoms with van der Waals surface area (Å²) in [6.07, 6.45) is 5.22. The molecule has 1 heterocycles.